The Kier molecular flexibility index (Phi) is 2.02. The molecule has 0 spiro atoms. The lowest BCUT2D eigenvalue weighted by Crippen LogP contribution is -1.97. The van der Waals surface area contributed by atoms with Gasteiger partial charge in [-0.25, -0.2) is 4.98 Å². The standard InChI is InChI=1S/C8H10N4S/c1-2-12-6(3-4-11-12)7-5-10-8(9)13-7/h3-5H,2H2,1H3,(H2,9,10). The molecule has 0 aromatic carbocycles. The number of nitrogens with two attached hydrogens (primary N) is 1. The summed E-state index contributed by atoms with van der Waals surface area (Å²) in [7, 11) is 0. The Morgan fingerprint density at radius 2 is 2.46 bits per heavy atom. The molecule has 2 aromatic rings. The van der Waals surface area contributed by atoms with E-state index in [-0.39, 0.29) is 0 Å². The first kappa shape index (κ1) is 8.25. The lowest BCUT2D eigenvalue weighted by molar-refractivity contribution is 0.668. The Bertz CT molecular complexity index is 404. The van der Waals surface area contributed by atoms with Gasteiger partial charge in [0, 0.05) is 18.9 Å². The van der Waals surface area contributed by atoms with Crippen LogP contribution >= 0.6 is 11.3 Å². The van der Waals surface area contributed by atoms with Crippen LogP contribution in [0.15, 0.2) is 18.5 Å². The highest BCUT2D eigenvalue weighted by Crippen LogP contribution is 2.26. The molecule has 2 aromatic heterocycles. The zero-order valence-electron chi connectivity index (χ0n) is 7.27. The fraction of sp³-hybridized carbons (Fsp3) is 0.250. The number of nitrogens with zero attached hydrogens (tertiary/aromatic N) is 3. The Balaban J connectivity index is 2.45. The first-order chi connectivity index (χ1) is 6.31. The Labute approximate surface area is 80.0 Å². The maximum absolute atomic E-state index is 5.55. The molecule has 0 atom stereocenters. The van der Waals surface area contributed by atoms with E-state index in [0.717, 1.165) is 17.1 Å². The largest absolute Gasteiger partial charge is 0.375 e. The molecule has 4 nitrogen and oxygen atoms in total. The van der Waals surface area contributed by atoms with Gasteiger partial charge in [0.25, 0.3) is 0 Å². The van der Waals surface area contributed by atoms with Crippen molar-refractivity contribution in [2.24, 2.45) is 0 Å². The van der Waals surface area contributed by atoms with Gasteiger partial charge in [0.15, 0.2) is 5.13 Å². The third-order valence-corrected chi connectivity index (χ3v) is 2.64. The molecule has 0 aliphatic heterocycles. The van der Waals surface area contributed by atoms with Crippen molar-refractivity contribution in [1.29, 1.82) is 0 Å². The Morgan fingerprint density at radius 3 is 3.08 bits per heavy atom. The van der Waals surface area contributed by atoms with Gasteiger partial charge in [0.05, 0.1) is 10.6 Å². The number of hydrogen-bond acceptors (Lipinski definition) is 4. The van der Waals surface area contributed by atoms with Crippen molar-refractivity contribution < 1.29 is 0 Å². The molecular weight excluding hydrogens is 184 g/mol. The summed E-state index contributed by atoms with van der Waals surface area (Å²) in [5.74, 6) is 0. The molecule has 0 fully saturated rings. The highest BCUT2D eigenvalue weighted by atomic mass is 32.1. The lowest BCUT2D eigenvalue weighted by atomic mass is 10.4. The average Bonchev–Trinajstić information content (AvgIpc) is 2.71. The number of aromatic nitrogens is 3. The van der Waals surface area contributed by atoms with E-state index in [4.69, 9.17) is 5.73 Å². The van der Waals surface area contributed by atoms with E-state index >= 15 is 0 Å². The van der Waals surface area contributed by atoms with Gasteiger partial charge in [0.2, 0.25) is 0 Å². The molecule has 0 radical (unpaired) electrons. The molecule has 68 valence electrons. The molecule has 0 bridgehead atoms. The van der Waals surface area contributed by atoms with Gasteiger partial charge in [-0.05, 0) is 13.0 Å². The van der Waals surface area contributed by atoms with Crippen molar-refractivity contribution in [3.8, 4) is 10.6 Å². The second-order valence-electron chi connectivity index (χ2n) is 2.59. The van der Waals surface area contributed by atoms with Crippen molar-refractivity contribution >= 4 is 16.5 Å². The zero-order chi connectivity index (χ0) is 9.26. The first-order valence-electron chi connectivity index (χ1n) is 4.04. The topological polar surface area (TPSA) is 56.7 Å². The van der Waals surface area contributed by atoms with Crippen LogP contribution in [0.1, 0.15) is 6.92 Å². The number of thiazole rings is 1. The van der Waals surface area contributed by atoms with Crippen LogP contribution in [0.5, 0.6) is 0 Å². The Morgan fingerprint density at radius 1 is 1.62 bits per heavy atom. The second-order valence-corrected chi connectivity index (χ2v) is 3.66. The molecule has 0 amide bonds. The summed E-state index contributed by atoms with van der Waals surface area (Å²) in [6.45, 7) is 2.92. The molecule has 0 saturated carbocycles. The quantitative estimate of drug-likeness (QED) is 0.790. The van der Waals surface area contributed by atoms with Gasteiger partial charge in [-0.15, -0.1) is 0 Å². The molecule has 0 saturated heterocycles. The molecular formula is C8H10N4S. The van der Waals surface area contributed by atoms with Crippen LogP contribution in [-0.2, 0) is 6.54 Å². The van der Waals surface area contributed by atoms with E-state index in [1.807, 2.05) is 10.7 Å². The lowest BCUT2D eigenvalue weighted by Gasteiger charge is -1.99. The maximum atomic E-state index is 5.55. The SMILES string of the molecule is CCn1nccc1-c1cnc(N)s1. The van der Waals surface area contributed by atoms with Crippen molar-refractivity contribution in [2.45, 2.75) is 13.5 Å². The predicted octanol–water partition coefficient (Wildman–Crippen LogP) is 1.61. The predicted molar refractivity (Wildman–Crippen MR) is 53.4 cm³/mol. The van der Waals surface area contributed by atoms with Gasteiger partial charge in [-0.1, -0.05) is 11.3 Å². The van der Waals surface area contributed by atoms with E-state index < -0.39 is 0 Å². The van der Waals surface area contributed by atoms with Crippen molar-refractivity contribution in [1.82, 2.24) is 14.8 Å². The summed E-state index contributed by atoms with van der Waals surface area (Å²) < 4.78 is 1.92. The van der Waals surface area contributed by atoms with Crippen LogP contribution < -0.4 is 5.73 Å². The Hall–Kier alpha value is -1.36. The molecule has 5 heteroatoms. The smallest absolute Gasteiger partial charge is 0.180 e. The molecule has 2 rings (SSSR count). The zero-order valence-corrected chi connectivity index (χ0v) is 8.08. The monoisotopic (exact) mass is 194 g/mol. The number of nitrogen functional groups attached to an aromatic ring is 1. The van der Waals surface area contributed by atoms with Gasteiger partial charge in [0.1, 0.15) is 0 Å². The van der Waals surface area contributed by atoms with Crippen molar-refractivity contribution in [2.75, 3.05) is 5.73 Å². The third kappa shape index (κ3) is 1.42. The fourth-order valence-electron chi connectivity index (χ4n) is 1.20. The van der Waals surface area contributed by atoms with Gasteiger partial charge in [-0.3, -0.25) is 4.68 Å². The minimum atomic E-state index is 0.596. The van der Waals surface area contributed by atoms with E-state index in [1.165, 1.54) is 11.3 Å². The van der Waals surface area contributed by atoms with Crippen LogP contribution in [0.4, 0.5) is 5.13 Å². The third-order valence-electron chi connectivity index (χ3n) is 1.79. The van der Waals surface area contributed by atoms with Gasteiger partial charge in [-0.2, -0.15) is 5.10 Å². The summed E-state index contributed by atoms with van der Waals surface area (Å²) in [5, 5.41) is 4.77. The summed E-state index contributed by atoms with van der Waals surface area (Å²) >= 11 is 1.48. The maximum Gasteiger partial charge on any atom is 0.180 e. The van der Waals surface area contributed by atoms with Crippen LogP contribution in [-0.4, -0.2) is 14.8 Å². The molecule has 0 aliphatic carbocycles. The fourth-order valence-corrected chi connectivity index (χ4v) is 1.91. The summed E-state index contributed by atoms with van der Waals surface area (Å²) in [4.78, 5) is 5.07. The van der Waals surface area contributed by atoms with Crippen LogP contribution in [0.2, 0.25) is 0 Å². The van der Waals surface area contributed by atoms with E-state index in [0.29, 0.717) is 5.13 Å². The molecule has 2 N–H and O–H groups in total. The van der Waals surface area contributed by atoms with Crippen LogP contribution in [0, 0.1) is 0 Å². The van der Waals surface area contributed by atoms with Crippen LogP contribution in [0.25, 0.3) is 10.6 Å². The minimum Gasteiger partial charge on any atom is -0.375 e. The minimum absolute atomic E-state index is 0.596. The summed E-state index contributed by atoms with van der Waals surface area (Å²) in [5.41, 5.74) is 6.63. The van der Waals surface area contributed by atoms with Crippen molar-refractivity contribution in [3.05, 3.63) is 18.5 Å². The second kappa shape index (κ2) is 3.18. The highest BCUT2D eigenvalue weighted by Gasteiger charge is 2.06. The summed E-state index contributed by atoms with van der Waals surface area (Å²) in [6, 6.07) is 1.97. The van der Waals surface area contributed by atoms with E-state index in [2.05, 4.69) is 17.0 Å². The van der Waals surface area contributed by atoms with Crippen molar-refractivity contribution in [3.63, 3.8) is 0 Å². The normalized spacial score (nSPS) is 10.5. The van der Waals surface area contributed by atoms with Gasteiger partial charge < -0.3 is 5.73 Å². The molecule has 2 heterocycles. The molecule has 0 unspecified atom stereocenters. The number of aryl methyl sites for hydroxylation is 1. The summed E-state index contributed by atoms with van der Waals surface area (Å²) in [6.07, 6.45) is 3.57. The van der Waals surface area contributed by atoms with Crippen LogP contribution in [0.3, 0.4) is 0 Å². The molecule has 13 heavy (non-hydrogen) atoms. The average molecular weight is 194 g/mol. The highest BCUT2D eigenvalue weighted by molar-refractivity contribution is 7.18. The van der Waals surface area contributed by atoms with E-state index in [1.54, 1.807) is 12.4 Å². The molecule has 0 aliphatic rings. The number of rotatable bonds is 2. The number of anilines is 1. The van der Waals surface area contributed by atoms with Gasteiger partial charge >= 0.3 is 0 Å². The van der Waals surface area contributed by atoms with E-state index in [9.17, 15) is 0 Å². The number of hydrogen-bond donors (Lipinski definition) is 1. The first-order valence-corrected chi connectivity index (χ1v) is 4.86.